The molecule has 0 aliphatic rings. The smallest absolute Gasteiger partial charge is 0.0713 e. The summed E-state index contributed by atoms with van der Waals surface area (Å²) >= 11 is 6.88. The number of nitrogens with zero attached hydrogens (tertiary/aromatic N) is 1. The Labute approximate surface area is 120 Å². The molecule has 0 aliphatic heterocycles. The van der Waals surface area contributed by atoms with Crippen LogP contribution in [0.5, 0.6) is 0 Å². The molecule has 0 spiro atoms. The Hall–Kier alpha value is -0.190. The SMILES string of the molecule is C=CCCCCCC(N)c1ncc(Br)cc1Br. The van der Waals surface area contributed by atoms with E-state index in [9.17, 15) is 0 Å². The normalized spacial score (nSPS) is 12.4. The van der Waals surface area contributed by atoms with E-state index in [1.807, 2.05) is 12.1 Å². The molecule has 0 saturated heterocycles. The average molecular weight is 362 g/mol. The van der Waals surface area contributed by atoms with Crippen LogP contribution in [-0.4, -0.2) is 4.98 Å². The van der Waals surface area contributed by atoms with Crippen molar-refractivity contribution >= 4 is 31.9 Å². The Morgan fingerprint density at radius 2 is 2.12 bits per heavy atom. The third kappa shape index (κ3) is 5.32. The molecule has 1 rings (SSSR count). The highest BCUT2D eigenvalue weighted by molar-refractivity contribution is 9.11. The van der Waals surface area contributed by atoms with Gasteiger partial charge in [-0.05, 0) is 57.2 Å². The van der Waals surface area contributed by atoms with Gasteiger partial charge < -0.3 is 5.73 Å². The summed E-state index contributed by atoms with van der Waals surface area (Å²) in [6.07, 6.45) is 9.36. The van der Waals surface area contributed by atoms with Crippen LogP contribution < -0.4 is 5.73 Å². The van der Waals surface area contributed by atoms with E-state index in [0.29, 0.717) is 0 Å². The summed E-state index contributed by atoms with van der Waals surface area (Å²) in [7, 11) is 0. The van der Waals surface area contributed by atoms with Gasteiger partial charge in [0.1, 0.15) is 0 Å². The van der Waals surface area contributed by atoms with Crippen molar-refractivity contribution in [2.45, 2.75) is 38.1 Å². The van der Waals surface area contributed by atoms with E-state index in [1.54, 1.807) is 6.20 Å². The minimum Gasteiger partial charge on any atom is -0.323 e. The van der Waals surface area contributed by atoms with Crippen molar-refractivity contribution in [2.24, 2.45) is 5.73 Å². The van der Waals surface area contributed by atoms with Crippen LogP contribution in [0.3, 0.4) is 0 Å². The van der Waals surface area contributed by atoms with E-state index < -0.39 is 0 Å². The van der Waals surface area contributed by atoms with Gasteiger partial charge in [0.25, 0.3) is 0 Å². The van der Waals surface area contributed by atoms with Crippen molar-refractivity contribution in [1.82, 2.24) is 4.98 Å². The number of unbranched alkanes of at least 4 members (excludes halogenated alkanes) is 3. The molecule has 1 aromatic heterocycles. The van der Waals surface area contributed by atoms with Gasteiger partial charge >= 0.3 is 0 Å². The molecular weight excluding hydrogens is 344 g/mol. The van der Waals surface area contributed by atoms with Gasteiger partial charge in [-0.1, -0.05) is 18.9 Å². The molecule has 0 amide bonds. The lowest BCUT2D eigenvalue weighted by Crippen LogP contribution is -2.12. The standard InChI is InChI=1S/C13H18Br2N2/c1-2-3-4-5-6-7-12(16)13-11(15)8-10(14)9-17-13/h2,8-9,12H,1,3-7,16H2. The first-order chi connectivity index (χ1) is 8.15. The van der Waals surface area contributed by atoms with Crippen LogP contribution in [0, 0.1) is 0 Å². The quantitative estimate of drug-likeness (QED) is 0.562. The van der Waals surface area contributed by atoms with Gasteiger partial charge in [-0.3, -0.25) is 4.98 Å². The average Bonchev–Trinajstić information content (AvgIpc) is 2.28. The minimum absolute atomic E-state index is 0.0150. The van der Waals surface area contributed by atoms with Crippen molar-refractivity contribution in [3.8, 4) is 0 Å². The highest BCUT2D eigenvalue weighted by Crippen LogP contribution is 2.26. The molecule has 1 atom stereocenters. The monoisotopic (exact) mass is 360 g/mol. The van der Waals surface area contributed by atoms with Crippen LogP contribution in [0.25, 0.3) is 0 Å². The van der Waals surface area contributed by atoms with E-state index >= 15 is 0 Å². The Bertz CT molecular complexity index is 366. The molecule has 1 aromatic rings. The first kappa shape index (κ1) is 14.9. The fourth-order valence-corrected chi connectivity index (χ4v) is 2.95. The zero-order valence-electron chi connectivity index (χ0n) is 9.83. The molecule has 0 fully saturated rings. The van der Waals surface area contributed by atoms with Crippen LogP contribution in [0.15, 0.2) is 33.9 Å². The summed E-state index contributed by atoms with van der Waals surface area (Å²) in [5.41, 5.74) is 7.07. The molecule has 1 unspecified atom stereocenters. The number of allylic oxidation sites excluding steroid dienone is 1. The van der Waals surface area contributed by atoms with E-state index in [0.717, 1.165) is 33.9 Å². The molecule has 17 heavy (non-hydrogen) atoms. The number of nitrogens with two attached hydrogens (primary N) is 1. The van der Waals surface area contributed by atoms with Gasteiger partial charge in [-0.25, -0.2) is 0 Å². The van der Waals surface area contributed by atoms with Crippen LogP contribution >= 0.6 is 31.9 Å². The van der Waals surface area contributed by atoms with Crippen LogP contribution in [-0.2, 0) is 0 Å². The predicted molar refractivity (Wildman–Crippen MR) is 79.8 cm³/mol. The Balaban J connectivity index is 2.41. The molecule has 0 saturated carbocycles. The maximum Gasteiger partial charge on any atom is 0.0713 e. The Morgan fingerprint density at radius 3 is 2.76 bits per heavy atom. The summed E-state index contributed by atoms with van der Waals surface area (Å²) in [5.74, 6) is 0. The highest BCUT2D eigenvalue weighted by atomic mass is 79.9. The van der Waals surface area contributed by atoms with Crippen LogP contribution in [0.2, 0.25) is 0 Å². The number of hydrogen-bond donors (Lipinski definition) is 1. The van der Waals surface area contributed by atoms with Crippen molar-refractivity contribution in [3.05, 3.63) is 39.6 Å². The number of rotatable bonds is 7. The van der Waals surface area contributed by atoms with Crippen molar-refractivity contribution in [3.63, 3.8) is 0 Å². The van der Waals surface area contributed by atoms with Gasteiger partial charge in [0, 0.05) is 21.2 Å². The first-order valence-electron chi connectivity index (χ1n) is 5.82. The maximum absolute atomic E-state index is 6.13. The van der Waals surface area contributed by atoms with Gasteiger partial charge in [-0.2, -0.15) is 0 Å². The molecule has 0 radical (unpaired) electrons. The summed E-state index contributed by atoms with van der Waals surface area (Å²) in [5, 5.41) is 0. The zero-order valence-corrected chi connectivity index (χ0v) is 13.0. The third-order valence-electron chi connectivity index (χ3n) is 2.61. The maximum atomic E-state index is 6.13. The molecule has 0 aromatic carbocycles. The number of aromatic nitrogens is 1. The first-order valence-corrected chi connectivity index (χ1v) is 7.41. The second-order valence-electron chi connectivity index (χ2n) is 4.05. The molecule has 1 heterocycles. The van der Waals surface area contributed by atoms with E-state index in [-0.39, 0.29) is 6.04 Å². The zero-order chi connectivity index (χ0) is 12.7. The van der Waals surface area contributed by atoms with Gasteiger partial charge in [0.15, 0.2) is 0 Å². The molecule has 2 N–H and O–H groups in total. The lowest BCUT2D eigenvalue weighted by molar-refractivity contribution is 0.561. The van der Waals surface area contributed by atoms with Gasteiger partial charge in [0.05, 0.1) is 5.69 Å². The number of pyridine rings is 1. The largest absolute Gasteiger partial charge is 0.323 e. The summed E-state index contributed by atoms with van der Waals surface area (Å²) in [6.45, 7) is 3.72. The Morgan fingerprint density at radius 1 is 1.35 bits per heavy atom. The van der Waals surface area contributed by atoms with E-state index in [4.69, 9.17) is 5.73 Å². The molecule has 94 valence electrons. The highest BCUT2D eigenvalue weighted by Gasteiger charge is 2.11. The van der Waals surface area contributed by atoms with E-state index in [1.165, 1.54) is 12.8 Å². The minimum atomic E-state index is 0.0150. The van der Waals surface area contributed by atoms with E-state index in [2.05, 4.69) is 43.4 Å². The Kier molecular flexibility index (Phi) is 7.00. The molecule has 4 heteroatoms. The van der Waals surface area contributed by atoms with Crippen LogP contribution in [0.1, 0.15) is 43.8 Å². The fourth-order valence-electron chi connectivity index (χ4n) is 1.66. The topological polar surface area (TPSA) is 38.9 Å². The van der Waals surface area contributed by atoms with Crippen molar-refractivity contribution < 1.29 is 0 Å². The summed E-state index contributed by atoms with van der Waals surface area (Å²) in [6, 6.07) is 2.00. The summed E-state index contributed by atoms with van der Waals surface area (Å²) < 4.78 is 1.94. The van der Waals surface area contributed by atoms with Crippen molar-refractivity contribution in [2.75, 3.05) is 0 Å². The molecule has 2 nitrogen and oxygen atoms in total. The lowest BCUT2D eigenvalue weighted by atomic mass is 10.0. The second kappa shape index (κ2) is 8.01. The third-order valence-corrected chi connectivity index (χ3v) is 3.68. The fraction of sp³-hybridized carbons (Fsp3) is 0.462. The second-order valence-corrected chi connectivity index (χ2v) is 5.82. The lowest BCUT2D eigenvalue weighted by Gasteiger charge is -2.12. The van der Waals surface area contributed by atoms with Gasteiger partial charge in [0.2, 0.25) is 0 Å². The van der Waals surface area contributed by atoms with Crippen LogP contribution in [0.4, 0.5) is 0 Å². The summed E-state index contributed by atoms with van der Waals surface area (Å²) in [4.78, 5) is 4.36. The molecule has 0 aliphatic carbocycles. The molecular formula is C13H18Br2N2. The number of hydrogen-bond acceptors (Lipinski definition) is 2. The predicted octanol–water partition coefficient (Wildman–Crippen LogP) is 4.74. The van der Waals surface area contributed by atoms with Gasteiger partial charge in [-0.15, -0.1) is 6.58 Å². The number of halogens is 2. The van der Waals surface area contributed by atoms with Crippen molar-refractivity contribution in [1.29, 1.82) is 0 Å². The molecule has 0 bridgehead atoms.